The van der Waals surface area contributed by atoms with E-state index in [9.17, 15) is 9.59 Å². The highest BCUT2D eigenvalue weighted by Crippen LogP contribution is 2.25. The molecule has 7 heteroatoms. The Labute approximate surface area is 129 Å². The van der Waals surface area contributed by atoms with Crippen molar-refractivity contribution in [2.24, 2.45) is 11.7 Å². The Balaban J connectivity index is 2.55. The van der Waals surface area contributed by atoms with Gasteiger partial charge in [0.05, 0.1) is 18.1 Å². The van der Waals surface area contributed by atoms with E-state index in [0.717, 1.165) is 5.01 Å². The van der Waals surface area contributed by atoms with Crippen LogP contribution < -0.4 is 16.4 Å². The van der Waals surface area contributed by atoms with Gasteiger partial charge in [0.25, 0.3) is 0 Å². The van der Waals surface area contributed by atoms with Crippen LogP contribution in [0.5, 0.6) is 0 Å². The van der Waals surface area contributed by atoms with Crippen LogP contribution in [0.4, 0.5) is 0 Å². The van der Waals surface area contributed by atoms with Crippen LogP contribution in [0.3, 0.4) is 0 Å². The molecule has 1 rings (SSSR count). The van der Waals surface area contributed by atoms with Crippen LogP contribution in [0.25, 0.3) is 0 Å². The number of rotatable bonds is 7. The molecule has 0 aromatic carbocycles. The first-order valence-corrected chi connectivity index (χ1v) is 7.92. The number of thiazole rings is 1. The molecule has 0 saturated heterocycles. The lowest BCUT2D eigenvalue weighted by atomic mass is 10.00. The minimum absolute atomic E-state index is 0.0317. The Morgan fingerprint density at radius 2 is 2.14 bits per heavy atom. The number of carbonyl (C=O) groups excluding carboxylic acids is 2. The second-order valence-corrected chi connectivity index (χ2v) is 6.45. The minimum Gasteiger partial charge on any atom is -0.346 e. The molecule has 118 valence electrons. The van der Waals surface area contributed by atoms with E-state index in [4.69, 9.17) is 5.73 Å². The van der Waals surface area contributed by atoms with Gasteiger partial charge >= 0.3 is 0 Å². The van der Waals surface area contributed by atoms with E-state index in [1.54, 1.807) is 6.20 Å². The molecule has 0 aliphatic heterocycles. The largest absolute Gasteiger partial charge is 0.346 e. The van der Waals surface area contributed by atoms with Gasteiger partial charge in [-0.25, -0.2) is 4.98 Å². The van der Waals surface area contributed by atoms with Crippen LogP contribution in [0.2, 0.25) is 0 Å². The van der Waals surface area contributed by atoms with E-state index in [-0.39, 0.29) is 24.3 Å². The second kappa shape index (κ2) is 7.51. The summed E-state index contributed by atoms with van der Waals surface area (Å²) >= 11 is 1.50. The van der Waals surface area contributed by atoms with Crippen molar-refractivity contribution in [1.29, 1.82) is 0 Å². The number of aromatic nitrogens is 1. The highest BCUT2D eigenvalue weighted by atomic mass is 32.1. The molecule has 0 fully saturated rings. The summed E-state index contributed by atoms with van der Waals surface area (Å²) in [6.07, 6.45) is 2.43. The number of nitrogens with one attached hydrogen (secondary N) is 2. The number of hydrogen-bond acceptors (Lipinski definition) is 5. The molecule has 0 spiro atoms. The predicted octanol–water partition coefficient (Wildman–Crippen LogP) is 0.984. The summed E-state index contributed by atoms with van der Waals surface area (Å²) in [6.45, 7) is 7.54. The summed E-state index contributed by atoms with van der Waals surface area (Å²) in [6, 6.07) is -0.602. The molecule has 2 amide bonds. The van der Waals surface area contributed by atoms with E-state index in [2.05, 4.69) is 15.6 Å². The smallest absolute Gasteiger partial charge is 0.240 e. The van der Waals surface area contributed by atoms with Crippen LogP contribution in [-0.2, 0) is 15.1 Å². The Morgan fingerprint density at radius 3 is 2.62 bits per heavy atom. The van der Waals surface area contributed by atoms with Crippen molar-refractivity contribution in [1.82, 2.24) is 15.6 Å². The molecule has 0 radical (unpaired) electrons. The zero-order chi connectivity index (χ0) is 16.0. The van der Waals surface area contributed by atoms with E-state index in [0.29, 0.717) is 6.42 Å². The van der Waals surface area contributed by atoms with Gasteiger partial charge in [-0.1, -0.05) is 20.8 Å². The monoisotopic (exact) mass is 312 g/mol. The van der Waals surface area contributed by atoms with E-state index < -0.39 is 11.6 Å². The standard InChI is InChI=1S/C14H24N4O2S/c1-5-14(4,13-16-6-7-21-13)18-10(19)8-17-12(20)11(15)9(2)3/h6-7,9,11H,5,8,15H2,1-4H3,(H,17,20)(H,18,19)/t11-,14?/m0/s1. The molecule has 0 aliphatic carbocycles. The normalized spacial score (nSPS) is 15.3. The van der Waals surface area contributed by atoms with Crippen LogP contribution in [0.1, 0.15) is 39.1 Å². The Bertz CT molecular complexity index is 475. The molecule has 1 aromatic heterocycles. The van der Waals surface area contributed by atoms with Gasteiger partial charge in [-0.2, -0.15) is 0 Å². The molecule has 1 heterocycles. The molecule has 0 bridgehead atoms. The summed E-state index contributed by atoms with van der Waals surface area (Å²) in [5, 5.41) is 8.21. The van der Waals surface area contributed by atoms with E-state index >= 15 is 0 Å². The van der Waals surface area contributed by atoms with Gasteiger partial charge in [0.1, 0.15) is 5.01 Å². The lowest BCUT2D eigenvalue weighted by Gasteiger charge is -2.27. The SMILES string of the molecule is CCC(C)(NC(=O)CNC(=O)[C@@H](N)C(C)C)c1nccs1. The number of nitrogens with two attached hydrogens (primary N) is 1. The number of hydrogen-bond donors (Lipinski definition) is 3. The predicted molar refractivity (Wildman–Crippen MR) is 83.7 cm³/mol. The van der Waals surface area contributed by atoms with Crippen molar-refractivity contribution in [3.8, 4) is 0 Å². The van der Waals surface area contributed by atoms with Gasteiger partial charge in [0.15, 0.2) is 0 Å². The Kier molecular flexibility index (Phi) is 6.29. The molecule has 2 atom stereocenters. The van der Waals surface area contributed by atoms with Crippen molar-refractivity contribution in [2.75, 3.05) is 6.54 Å². The second-order valence-electron chi connectivity index (χ2n) is 5.56. The van der Waals surface area contributed by atoms with Crippen LogP contribution in [0, 0.1) is 5.92 Å². The van der Waals surface area contributed by atoms with Crippen molar-refractivity contribution in [3.05, 3.63) is 16.6 Å². The Hall–Kier alpha value is -1.47. The fraction of sp³-hybridized carbons (Fsp3) is 0.643. The van der Waals surface area contributed by atoms with Crippen molar-refractivity contribution in [3.63, 3.8) is 0 Å². The lowest BCUT2D eigenvalue weighted by Crippen LogP contribution is -2.50. The summed E-state index contributed by atoms with van der Waals surface area (Å²) in [4.78, 5) is 28.0. The van der Waals surface area contributed by atoms with E-state index in [1.165, 1.54) is 11.3 Å². The van der Waals surface area contributed by atoms with Gasteiger partial charge in [-0.3, -0.25) is 9.59 Å². The Morgan fingerprint density at radius 1 is 1.48 bits per heavy atom. The van der Waals surface area contributed by atoms with Gasteiger partial charge in [0.2, 0.25) is 11.8 Å². The van der Waals surface area contributed by atoms with Crippen molar-refractivity contribution in [2.45, 2.75) is 45.7 Å². The average molecular weight is 312 g/mol. The quantitative estimate of drug-likeness (QED) is 0.699. The van der Waals surface area contributed by atoms with Gasteiger partial charge in [-0.05, 0) is 19.3 Å². The van der Waals surface area contributed by atoms with E-state index in [1.807, 2.05) is 33.1 Å². The first-order valence-electron chi connectivity index (χ1n) is 7.04. The first kappa shape index (κ1) is 17.6. The van der Waals surface area contributed by atoms with Crippen molar-refractivity contribution < 1.29 is 9.59 Å². The number of carbonyl (C=O) groups is 2. The van der Waals surface area contributed by atoms with Crippen LogP contribution in [-0.4, -0.2) is 29.4 Å². The fourth-order valence-corrected chi connectivity index (χ4v) is 2.56. The average Bonchev–Trinajstić information content (AvgIpc) is 2.98. The van der Waals surface area contributed by atoms with Crippen LogP contribution >= 0.6 is 11.3 Å². The molecule has 0 aliphatic rings. The third-order valence-corrected chi connectivity index (χ3v) is 4.51. The molecular formula is C14H24N4O2S. The highest BCUT2D eigenvalue weighted by molar-refractivity contribution is 7.09. The third kappa shape index (κ3) is 4.78. The zero-order valence-electron chi connectivity index (χ0n) is 13.0. The minimum atomic E-state index is -0.602. The fourth-order valence-electron chi connectivity index (χ4n) is 1.73. The van der Waals surface area contributed by atoms with Gasteiger partial charge in [0, 0.05) is 11.6 Å². The molecule has 1 unspecified atom stereocenters. The number of nitrogens with zero attached hydrogens (tertiary/aromatic N) is 1. The maximum Gasteiger partial charge on any atom is 0.240 e. The summed E-state index contributed by atoms with van der Waals surface area (Å²) in [7, 11) is 0. The highest BCUT2D eigenvalue weighted by Gasteiger charge is 2.29. The van der Waals surface area contributed by atoms with Crippen molar-refractivity contribution >= 4 is 23.2 Å². The van der Waals surface area contributed by atoms with Gasteiger partial charge < -0.3 is 16.4 Å². The maximum atomic E-state index is 12.0. The molecule has 6 nitrogen and oxygen atoms in total. The summed E-state index contributed by atoms with van der Waals surface area (Å²) in [5.74, 6) is -0.532. The third-order valence-electron chi connectivity index (χ3n) is 3.47. The van der Waals surface area contributed by atoms with Crippen LogP contribution in [0.15, 0.2) is 11.6 Å². The molecular weight excluding hydrogens is 288 g/mol. The molecule has 4 N–H and O–H groups in total. The van der Waals surface area contributed by atoms with Gasteiger partial charge in [-0.15, -0.1) is 11.3 Å². The topological polar surface area (TPSA) is 97.1 Å². The lowest BCUT2D eigenvalue weighted by molar-refractivity contribution is -0.128. The molecule has 21 heavy (non-hydrogen) atoms. The maximum absolute atomic E-state index is 12.0. The molecule has 0 saturated carbocycles. The number of amides is 2. The summed E-state index contributed by atoms with van der Waals surface area (Å²) < 4.78 is 0. The first-order chi connectivity index (χ1) is 9.80. The zero-order valence-corrected chi connectivity index (χ0v) is 13.8. The summed E-state index contributed by atoms with van der Waals surface area (Å²) in [5.41, 5.74) is 5.21. The molecule has 1 aromatic rings.